The van der Waals surface area contributed by atoms with Gasteiger partial charge in [-0.3, -0.25) is 0 Å². The number of hydrogen-bond donors (Lipinski definition) is 0. The number of allylic oxidation sites excluding steroid dienone is 6. The van der Waals surface area contributed by atoms with Crippen molar-refractivity contribution >= 4 is 5.57 Å². The third-order valence-electron chi connectivity index (χ3n) is 2.85. The molecule has 0 heterocycles. The molecule has 1 aromatic rings. The van der Waals surface area contributed by atoms with Crippen LogP contribution in [0.4, 0.5) is 0 Å². The summed E-state index contributed by atoms with van der Waals surface area (Å²) in [7, 11) is 0. The van der Waals surface area contributed by atoms with Gasteiger partial charge in [0.05, 0.1) is 11.6 Å². The minimum Gasteiger partial charge on any atom is -0.192 e. The van der Waals surface area contributed by atoms with Crippen LogP contribution in [0.25, 0.3) is 5.57 Å². The van der Waals surface area contributed by atoms with Gasteiger partial charge in [-0.2, -0.15) is 5.26 Å². The highest BCUT2D eigenvalue weighted by atomic mass is 14.2. The molecule has 0 saturated heterocycles. The maximum Gasteiger partial charge on any atom is 0.0991 e. The summed E-state index contributed by atoms with van der Waals surface area (Å²) in [6.07, 6.45) is 10.9. The third-order valence-corrected chi connectivity index (χ3v) is 2.85. The zero-order valence-electron chi connectivity index (χ0n) is 9.98. The third kappa shape index (κ3) is 2.73. The highest BCUT2D eigenvalue weighted by Crippen LogP contribution is 2.24. The van der Waals surface area contributed by atoms with E-state index >= 15 is 0 Å². The van der Waals surface area contributed by atoms with E-state index in [-0.39, 0.29) is 0 Å². The predicted octanol–water partition coefficient (Wildman–Crippen LogP) is 4.24. The molecule has 17 heavy (non-hydrogen) atoms. The van der Waals surface area contributed by atoms with E-state index in [1.54, 1.807) is 0 Å². The summed E-state index contributed by atoms with van der Waals surface area (Å²) in [6, 6.07) is 9.87. The first-order valence-corrected chi connectivity index (χ1v) is 5.91. The fourth-order valence-corrected chi connectivity index (χ4v) is 1.93. The van der Waals surface area contributed by atoms with Crippen LogP contribution in [0, 0.1) is 11.3 Å². The van der Waals surface area contributed by atoms with Gasteiger partial charge < -0.3 is 0 Å². The Hall–Kier alpha value is -2.07. The topological polar surface area (TPSA) is 23.8 Å². The molecule has 0 spiro atoms. The summed E-state index contributed by atoms with van der Waals surface area (Å²) in [4.78, 5) is 0. The molecule has 0 aliphatic heterocycles. The van der Waals surface area contributed by atoms with Gasteiger partial charge in [0.15, 0.2) is 0 Å². The van der Waals surface area contributed by atoms with Crippen molar-refractivity contribution in [2.45, 2.75) is 19.8 Å². The van der Waals surface area contributed by atoms with Gasteiger partial charge >= 0.3 is 0 Å². The van der Waals surface area contributed by atoms with Gasteiger partial charge in [0.1, 0.15) is 0 Å². The second kappa shape index (κ2) is 5.32. The highest BCUT2D eigenvalue weighted by molar-refractivity contribution is 5.76. The number of nitrogens with zero attached hydrogens (tertiary/aromatic N) is 1. The number of nitriles is 1. The van der Waals surface area contributed by atoms with Crippen molar-refractivity contribution in [1.29, 1.82) is 5.26 Å². The molecule has 84 valence electrons. The molecule has 1 aliphatic rings. The Morgan fingerprint density at radius 3 is 2.53 bits per heavy atom. The van der Waals surface area contributed by atoms with Crippen molar-refractivity contribution in [2.24, 2.45) is 0 Å². The van der Waals surface area contributed by atoms with Crippen LogP contribution in [-0.2, 0) is 0 Å². The Balaban J connectivity index is 2.18. The Morgan fingerprint density at radius 1 is 1.24 bits per heavy atom. The van der Waals surface area contributed by atoms with E-state index in [0.29, 0.717) is 5.56 Å². The molecule has 1 heteroatoms. The number of benzene rings is 1. The number of hydrogen-bond acceptors (Lipinski definition) is 1. The summed E-state index contributed by atoms with van der Waals surface area (Å²) in [5, 5.41) is 8.75. The molecular weight excluding hydrogens is 206 g/mol. The first kappa shape index (κ1) is 11.4. The van der Waals surface area contributed by atoms with Gasteiger partial charge in [0.25, 0.3) is 0 Å². The molecule has 0 radical (unpaired) electrons. The summed E-state index contributed by atoms with van der Waals surface area (Å²) >= 11 is 0. The van der Waals surface area contributed by atoms with Crippen LogP contribution in [-0.4, -0.2) is 0 Å². The van der Waals surface area contributed by atoms with Crippen molar-refractivity contribution in [2.75, 3.05) is 0 Å². The monoisotopic (exact) mass is 221 g/mol. The van der Waals surface area contributed by atoms with E-state index in [9.17, 15) is 0 Å². The van der Waals surface area contributed by atoms with Crippen LogP contribution >= 0.6 is 0 Å². The Morgan fingerprint density at radius 2 is 2.00 bits per heavy atom. The molecule has 0 saturated carbocycles. The summed E-state index contributed by atoms with van der Waals surface area (Å²) in [5.74, 6) is 0. The van der Waals surface area contributed by atoms with Crippen LogP contribution in [0.2, 0.25) is 0 Å². The van der Waals surface area contributed by atoms with E-state index in [1.807, 2.05) is 24.3 Å². The lowest BCUT2D eigenvalue weighted by molar-refractivity contribution is 1.15. The van der Waals surface area contributed by atoms with Crippen LogP contribution < -0.4 is 0 Å². The second-order valence-corrected chi connectivity index (χ2v) is 4.07. The summed E-state index contributed by atoms with van der Waals surface area (Å²) < 4.78 is 0. The van der Waals surface area contributed by atoms with Crippen LogP contribution in [0.3, 0.4) is 0 Å². The molecule has 1 aliphatic carbocycles. The maximum absolute atomic E-state index is 8.75. The SMILES string of the molecule is CCC=C1C=CC(c2ccc(C#N)cc2)=CC1. The maximum atomic E-state index is 8.75. The Kier molecular flexibility index (Phi) is 3.57. The standard InChI is InChI=1S/C16H15N/c1-2-3-13-4-8-15(9-5-13)16-10-6-14(12-17)7-11-16/h3-4,6-11H,2,5H2,1H3. The smallest absolute Gasteiger partial charge is 0.0991 e. The first-order valence-electron chi connectivity index (χ1n) is 5.91. The summed E-state index contributed by atoms with van der Waals surface area (Å²) in [5.41, 5.74) is 4.50. The molecule has 0 unspecified atom stereocenters. The normalized spacial score (nSPS) is 16.7. The minimum atomic E-state index is 0.709. The van der Waals surface area contributed by atoms with Gasteiger partial charge in [-0.1, -0.05) is 43.4 Å². The van der Waals surface area contributed by atoms with Crippen LogP contribution in [0.15, 0.2) is 54.1 Å². The second-order valence-electron chi connectivity index (χ2n) is 4.07. The van der Waals surface area contributed by atoms with Crippen molar-refractivity contribution in [1.82, 2.24) is 0 Å². The molecule has 0 aromatic heterocycles. The van der Waals surface area contributed by atoms with Gasteiger partial charge in [-0.15, -0.1) is 0 Å². The van der Waals surface area contributed by atoms with E-state index in [4.69, 9.17) is 5.26 Å². The molecule has 0 N–H and O–H groups in total. The van der Waals surface area contributed by atoms with Crippen molar-refractivity contribution in [3.8, 4) is 6.07 Å². The molecule has 0 atom stereocenters. The van der Waals surface area contributed by atoms with E-state index < -0.39 is 0 Å². The average Bonchev–Trinajstić information content (AvgIpc) is 2.40. The molecule has 0 fully saturated rings. The quantitative estimate of drug-likeness (QED) is 0.732. The Bertz CT molecular complexity index is 522. The average molecular weight is 221 g/mol. The Labute approximate surface area is 102 Å². The zero-order chi connectivity index (χ0) is 12.1. The molecule has 2 rings (SSSR count). The van der Waals surface area contributed by atoms with Crippen molar-refractivity contribution < 1.29 is 0 Å². The number of rotatable bonds is 2. The lowest BCUT2D eigenvalue weighted by Gasteiger charge is -2.09. The van der Waals surface area contributed by atoms with Crippen LogP contribution in [0.1, 0.15) is 30.9 Å². The van der Waals surface area contributed by atoms with Gasteiger partial charge in [-0.05, 0) is 41.7 Å². The zero-order valence-corrected chi connectivity index (χ0v) is 9.98. The van der Waals surface area contributed by atoms with Gasteiger partial charge in [0.2, 0.25) is 0 Å². The highest BCUT2D eigenvalue weighted by Gasteiger charge is 2.03. The first-order chi connectivity index (χ1) is 8.33. The molecular formula is C16H15N. The van der Waals surface area contributed by atoms with Gasteiger partial charge in [-0.25, -0.2) is 0 Å². The van der Waals surface area contributed by atoms with Crippen molar-refractivity contribution in [3.05, 3.63) is 65.3 Å². The van der Waals surface area contributed by atoms with Gasteiger partial charge in [0, 0.05) is 0 Å². The molecule has 1 nitrogen and oxygen atoms in total. The van der Waals surface area contributed by atoms with Crippen molar-refractivity contribution in [3.63, 3.8) is 0 Å². The van der Waals surface area contributed by atoms with E-state index in [0.717, 1.165) is 12.8 Å². The minimum absolute atomic E-state index is 0.709. The summed E-state index contributed by atoms with van der Waals surface area (Å²) in [6.45, 7) is 2.15. The lowest BCUT2D eigenvalue weighted by Crippen LogP contribution is -1.89. The molecule has 0 amide bonds. The largest absolute Gasteiger partial charge is 0.192 e. The lowest BCUT2D eigenvalue weighted by atomic mass is 9.96. The predicted molar refractivity (Wildman–Crippen MR) is 71.3 cm³/mol. The van der Waals surface area contributed by atoms with E-state index in [1.165, 1.54) is 16.7 Å². The van der Waals surface area contributed by atoms with Crippen LogP contribution in [0.5, 0.6) is 0 Å². The van der Waals surface area contributed by atoms with E-state index in [2.05, 4.69) is 37.3 Å². The fraction of sp³-hybridized carbons (Fsp3) is 0.188. The molecule has 1 aromatic carbocycles. The fourth-order valence-electron chi connectivity index (χ4n) is 1.93. The molecule has 0 bridgehead atoms.